The molecule has 25 heavy (non-hydrogen) atoms. The van der Waals surface area contributed by atoms with E-state index in [0.717, 1.165) is 40.1 Å². The van der Waals surface area contributed by atoms with Gasteiger partial charge >= 0.3 is 5.97 Å². The van der Waals surface area contributed by atoms with Crippen molar-refractivity contribution in [3.8, 4) is 0 Å². The summed E-state index contributed by atoms with van der Waals surface area (Å²) in [5.74, 6) is 1.47. The van der Waals surface area contributed by atoms with Gasteiger partial charge in [0, 0.05) is 6.42 Å². The topological polar surface area (TPSA) is 72.8 Å². The van der Waals surface area contributed by atoms with Crippen LogP contribution in [0, 0.1) is 0 Å². The maximum absolute atomic E-state index is 11.9. The number of para-hydroxylation sites is 2. The van der Waals surface area contributed by atoms with Gasteiger partial charge in [-0.25, -0.2) is 14.8 Å². The molecule has 2 heterocycles. The first-order valence-corrected chi connectivity index (χ1v) is 8.20. The number of ether oxygens (including phenoxy) is 1. The number of benzene rings is 2. The van der Waals surface area contributed by atoms with Crippen molar-refractivity contribution in [3.63, 3.8) is 0 Å². The van der Waals surface area contributed by atoms with Crippen molar-refractivity contribution < 1.29 is 9.53 Å². The van der Waals surface area contributed by atoms with Crippen LogP contribution in [0.4, 0.5) is 0 Å². The molecule has 0 unspecified atom stereocenters. The number of carbonyl (C=O) groups is 1. The van der Waals surface area contributed by atoms with Crippen LogP contribution >= 0.6 is 0 Å². The Balaban J connectivity index is 1.82. The minimum absolute atomic E-state index is 0.351. The quantitative estimate of drug-likeness (QED) is 0.581. The van der Waals surface area contributed by atoms with Crippen LogP contribution in [-0.4, -0.2) is 32.6 Å². The molecule has 2 aromatic heterocycles. The van der Waals surface area contributed by atoms with Crippen molar-refractivity contribution in [1.29, 1.82) is 0 Å². The largest absolute Gasteiger partial charge is 0.465 e. The van der Waals surface area contributed by atoms with Crippen molar-refractivity contribution in [2.75, 3.05) is 7.11 Å². The van der Waals surface area contributed by atoms with Gasteiger partial charge in [-0.3, -0.25) is 0 Å². The van der Waals surface area contributed by atoms with Crippen molar-refractivity contribution in [3.05, 3.63) is 59.7 Å². The number of hydrogen-bond donors (Lipinski definition) is 1. The van der Waals surface area contributed by atoms with Crippen LogP contribution in [0.3, 0.4) is 0 Å². The van der Waals surface area contributed by atoms with E-state index < -0.39 is 0 Å². The van der Waals surface area contributed by atoms with E-state index in [0.29, 0.717) is 12.1 Å². The van der Waals surface area contributed by atoms with E-state index in [-0.39, 0.29) is 5.97 Å². The first-order valence-electron chi connectivity index (χ1n) is 8.20. The lowest BCUT2D eigenvalue weighted by molar-refractivity contribution is 0.0601. The SMILES string of the molecule is CCc1nc2ccc(C(=O)OC)cc2n1Cc1nc2ccccc2[nH]1. The number of nitrogens with zero attached hydrogens (tertiary/aromatic N) is 3. The number of imidazole rings is 2. The highest BCUT2D eigenvalue weighted by Gasteiger charge is 2.14. The molecule has 1 N–H and O–H groups in total. The first kappa shape index (κ1) is 15.4. The molecule has 2 aromatic carbocycles. The van der Waals surface area contributed by atoms with Gasteiger partial charge in [0.05, 0.1) is 41.3 Å². The number of fused-ring (bicyclic) bond motifs is 2. The number of carbonyl (C=O) groups excluding carboxylic acids is 1. The summed E-state index contributed by atoms with van der Waals surface area (Å²) in [4.78, 5) is 24.5. The first-order chi connectivity index (χ1) is 12.2. The molecule has 0 saturated carbocycles. The lowest BCUT2D eigenvalue weighted by Gasteiger charge is -2.07. The smallest absolute Gasteiger partial charge is 0.337 e. The highest BCUT2D eigenvalue weighted by atomic mass is 16.5. The molecule has 0 radical (unpaired) electrons. The molecule has 0 saturated heterocycles. The summed E-state index contributed by atoms with van der Waals surface area (Å²) in [6.07, 6.45) is 0.794. The van der Waals surface area contributed by atoms with Crippen molar-refractivity contribution >= 4 is 28.0 Å². The maximum Gasteiger partial charge on any atom is 0.337 e. The van der Waals surface area contributed by atoms with Crippen LogP contribution in [0.2, 0.25) is 0 Å². The summed E-state index contributed by atoms with van der Waals surface area (Å²) < 4.78 is 6.93. The van der Waals surface area contributed by atoms with E-state index in [1.54, 1.807) is 6.07 Å². The second-order valence-corrected chi connectivity index (χ2v) is 5.86. The number of aromatic amines is 1. The normalized spacial score (nSPS) is 11.3. The number of nitrogens with one attached hydrogen (secondary N) is 1. The fourth-order valence-electron chi connectivity index (χ4n) is 3.09. The average Bonchev–Trinajstić information content (AvgIpc) is 3.21. The van der Waals surface area contributed by atoms with Crippen LogP contribution in [0.1, 0.15) is 28.9 Å². The molecule has 0 fully saturated rings. The molecule has 4 rings (SSSR count). The Kier molecular flexibility index (Phi) is 3.72. The van der Waals surface area contributed by atoms with Gasteiger partial charge in [0.15, 0.2) is 0 Å². The van der Waals surface area contributed by atoms with Gasteiger partial charge < -0.3 is 14.3 Å². The molecule has 0 aliphatic rings. The zero-order valence-corrected chi connectivity index (χ0v) is 14.1. The minimum Gasteiger partial charge on any atom is -0.465 e. The Hall–Kier alpha value is -3.15. The summed E-state index contributed by atoms with van der Waals surface area (Å²) in [6, 6.07) is 13.4. The molecule has 0 aliphatic heterocycles. The molecular weight excluding hydrogens is 316 g/mol. The average molecular weight is 334 g/mol. The van der Waals surface area contributed by atoms with Crippen molar-refractivity contribution in [1.82, 2.24) is 19.5 Å². The summed E-state index contributed by atoms with van der Waals surface area (Å²) in [7, 11) is 1.38. The molecular formula is C19H18N4O2. The number of aromatic nitrogens is 4. The van der Waals surface area contributed by atoms with Gasteiger partial charge in [0.2, 0.25) is 0 Å². The van der Waals surface area contributed by atoms with Crippen LogP contribution in [0.25, 0.3) is 22.1 Å². The Bertz CT molecular complexity index is 1040. The molecule has 126 valence electrons. The lowest BCUT2D eigenvalue weighted by Crippen LogP contribution is -2.06. The van der Waals surface area contributed by atoms with Gasteiger partial charge in [-0.1, -0.05) is 19.1 Å². The third-order valence-electron chi connectivity index (χ3n) is 4.31. The van der Waals surface area contributed by atoms with E-state index in [1.165, 1.54) is 7.11 Å². The highest BCUT2D eigenvalue weighted by molar-refractivity contribution is 5.93. The monoisotopic (exact) mass is 334 g/mol. The standard InChI is InChI=1S/C19H18N4O2/c1-3-18-22-15-9-8-12(19(24)25-2)10-16(15)23(18)11-17-20-13-6-4-5-7-14(13)21-17/h4-10H,3,11H2,1-2H3,(H,20,21). The number of H-pyrrole nitrogens is 1. The van der Waals surface area contributed by atoms with Gasteiger partial charge in [-0.15, -0.1) is 0 Å². The molecule has 6 nitrogen and oxygen atoms in total. The second-order valence-electron chi connectivity index (χ2n) is 5.86. The number of aryl methyl sites for hydroxylation is 1. The fraction of sp³-hybridized carbons (Fsp3) is 0.211. The summed E-state index contributed by atoms with van der Waals surface area (Å²) in [5.41, 5.74) is 4.23. The van der Waals surface area contributed by atoms with Gasteiger partial charge in [-0.05, 0) is 30.3 Å². The second kappa shape index (κ2) is 6.05. The number of methoxy groups -OCH3 is 1. The van der Waals surface area contributed by atoms with Gasteiger partial charge in [0.1, 0.15) is 11.6 Å². The Labute approximate surface area is 144 Å². The number of esters is 1. The third kappa shape index (κ3) is 2.65. The minimum atomic E-state index is -0.351. The van der Waals surface area contributed by atoms with Crippen molar-refractivity contribution in [2.45, 2.75) is 19.9 Å². The molecule has 0 spiro atoms. The summed E-state index contributed by atoms with van der Waals surface area (Å²) >= 11 is 0. The van der Waals surface area contributed by atoms with E-state index in [9.17, 15) is 4.79 Å². The zero-order valence-electron chi connectivity index (χ0n) is 14.1. The molecule has 4 aromatic rings. The molecule has 0 bridgehead atoms. The van der Waals surface area contributed by atoms with Crippen molar-refractivity contribution in [2.24, 2.45) is 0 Å². The van der Waals surface area contributed by atoms with E-state index >= 15 is 0 Å². The van der Waals surface area contributed by atoms with E-state index in [1.807, 2.05) is 36.4 Å². The van der Waals surface area contributed by atoms with Gasteiger partial charge in [-0.2, -0.15) is 0 Å². The molecule has 0 atom stereocenters. The number of hydrogen-bond acceptors (Lipinski definition) is 4. The third-order valence-corrected chi connectivity index (χ3v) is 4.31. The Morgan fingerprint density at radius 2 is 2.00 bits per heavy atom. The molecule has 0 amide bonds. The Morgan fingerprint density at radius 1 is 1.16 bits per heavy atom. The maximum atomic E-state index is 11.9. The van der Waals surface area contributed by atoms with E-state index in [4.69, 9.17) is 4.74 Å². The summed E-state index contributed by atoms with van der Waals surface area (Å²) in [6.45, 7) is 2.64. The van der Waals surface area contributed by atoms with Gasteiger partial charge in [0.25, 0.3) is 0 Å². The highest BCUT2D eigenvalue weighted by Crippen LogP contribution is 2.21. The fourth-order valence-corrected chi connectivity index (χ4v) is 3.09. The van der Waals surface area contributed by atoms with Crippen LogP contribution in [-0.2, 0) is 17.7 Å². The Morgan fingerprint density at radius 3 is 2.76 bits per heavy atom. The van der Waals surface area contributed by atoms with Crippen LogP contribution < -0.4 is 0 Å². The summed E-state index contributed by atoms with van der Waals surface area (Å²) in [5, 5.41) is 0. The predicted octanol–water partition coefficient (Wildman–Crippen LogP) is 3.31. The van der Waals surface area contributed by atoms with E-state index in [2.05, 4.69) is 26.4 Å². The molecule has 0 aliphatic carbocycles. The zero-order chi connectivity index (χ0) is 17.4. The predicted molar refractivity (Wildman–Crippen MR) is 95.6 cm³/mol. The molecule has 6 heteroatoms. The number of rotatable bonds is 4. The van der Waals surface area contributed by atoms with Crippen LogP contribution in [0.5, 0.6) is 0 Å². The lowest BCUT2D eigenvalue weighted by atomic mass is 10.2. The van der Waals surface area contributed by atoms with Crippen LogP contribution in [0.15, 0.2) is 42.5 Å².